The molecule has 0 spiro atoms. The van der Waals surface area contributed by atoms with E-state index in [2.05, 4.69) is 16.6 Å². The summed E-state index contributed by atoms with van der Waals surface area (Å²) in [5.74, 6) is -0.156. The Balaban J connectivity index is 2.19. The quantitative estimate of drug-likeness (QED) is 0.837. The van der Waals surface area contributed by atoms with Crippen LogP contribution in [0.1, 0.15) is 23.6 Å². The highest BCUT2D eigenvalue weighted by molar-refractivity contribution is 5.87. The molecule has 0 aromatic heterocycles. The Morgan fingerprint density at radius 1 is 1.56 bits per heavy atom. The van der Waals surface area contributed by atoms with E-state index in [0.29, 0.717) is 0 Å². The molecular formula is C13H13F2NO2. The highest BCUT2D eigenvalue weighted by Crippen LogP contribution is 2.34. The highest BCUT2D eigenvalue weighted by Gasteiger charge is 2.24. The first-order valence-corrected chi connectivity index (χ1v) is 5.60. The van der Waals surface area contributed by atoms with E-state index in [1.54, 1.807) is 12.1 Å². The van der Waals surface area contributed by atoms with E-state index in [-0.39, 0.29) is 17.7 Å². The van der Waals surface area contributed by atoms with E-state index in [9.17, 15) is 13.6 Å². The van der Waals surface area contributed by atoms with Crippen LogP contribution in [0.3, 0.4) is 0 Å². The standard InChI is InChI=1S/C13H13F2NO2/c1-2-12(17)16-11-6-4-8-3-5-9(7-10(8)11)18-13(14)15/h2-3,5,7,11,13H,1,4,6H2,(H,16,17)/t11-/m0/s1. The highest BCUT2D eigenvalue weighted by atomic mass is 19.3. The number of amides is 1. The molecule has 0 fully saturated rings. The van der Waals surface area contributed by atoms with Crippen molar-refractivity contribution in [2.45, 2.75) is 25.5 Å². The Bertz CT molecular complexity index is 474. The number of benzene rings is 1. The number of ether oxygens (including phenoxy) is 1. The number of carbonyl (C=O) groups is 1. The Labute approximate surface area is 103 Å². The van der Waals surface area contributed by atoms with Crippen molar-refractivity contribution in [1.82, 2.24) is 5.32 Å². The van der Waals surface area contributed by atoms with Crippen LogP contribution >= 0.6 is 0 Å². The molecule has 1 aromatic carbocycles. The molecule has 0 saturated carbocycles. The fourth-order valence-corrected chi connectivity index (χ4v) is 2.14. The first-order valence-electron chi connectivity index (χ1n) is 5.60. The van der Waals surface area contributed by atoms with E-state index in [1.807, 2.05) is 0 Å². The minimum absolute atomic E-state index is 0.114. The van der Waals surface area contributed by atoms with Gasteiger partial charge in [-0.1, -0.05) is 12.6 Å². The average Bonchev–Trinajstić information content (AvgIpc) is 2.71. The molecule has 1 aliphatic rings. The number of rotatable bonds is 4. The average molecular weight is 253 g/mol. The number of nitrogens with one attached hydrogen (secondary N) is 1. The molecule has 1 amide bonds. The van der Waals surface area contributed by atoms with Gasteiger partial charge in [0, 0.05) is 0 Å². The summed E-state index contributed by atoms with van der Waals surface area (Å²) in [4.78, 5) is 11.3. The number of hydrogen-bond acceptors (Lipinski definition) is 2. The zero-order valence-electron chi connectivity index (χ0n) is 9.66. The summed E-state index contributed by atoms with van der Waals surface area (Å²) in [6, 6.07) is 4.67. The van der Waals surface area contributed by atoms with Crippen LogP contribution in [-0.2, 0) is 11.2 Å². The second kappa shape index (κ2) is 5.16. The van der Waals surface area contributed by atoms with Crippen molar-refractivity contribution in [3.63, 3.8) is 0 Å². The fraction of sp³-hybridized carbons (Fsp3) is 0.308. The summed E-state index contributed by atoms with van der Waals surface area (Å²) >= 11 is 0. The maximum absolute atomic E-state index is 12.1. The molecular weight excluding hydrogens is 240 g/mol. The van der Waals surface area contributed by atoms with Crippen molar-refractivity contribution in [3.8, 4) is 5.75 Å². The first-order chi connectivity index (χ1) is 8.60. The maximum atomic E-state index is 12.1. The minimum atomic E-state index is -2.84. The summed E-state index contributed by atoms with van der Waals surface area (Å²) in [6.07, 6.45) is 2.76. The van der Waals surface area contributed by atoms with Gasteiger partial charge in [-0.15, -0.1) is 0 Å². The Morgan fingerprint density at radius 2 is 2.33 bits per heavy atom. The van der Waals surface area contributed by atoms with Gasteiger partial charge in [0.1, 0.15) is 5.75 Å². The molecule has 5 heteroatoms. The lowest BCUT2D eigenvalue weighted by Crippen LogP contribution is -2.24. The molecule has 0 bridgehead atoms. The Morgan fingerprint density at radius 3 is 3.00 bits per heavy atom. The summed E-state index contributed by atoms with van der Waals surface area (Å²) in [7, 11) is 0. The second-order valence-corrected chi connectivity index (χ2v) is 4.04. The van der Waals surface area contributed by atoms with E-state index in [1.165, 1.54) is 12.1 Å². The van der Waals surface area contributed by atoms with E-state index in [0.717, 1.165) is 24.0 Å². The predicted octanol–water partition coefficient (Wildman–Crippen LogP) is 2.58. The molecule has 0 aliphatic heterocycles. The molecule has 3 nitrogen and oxygen atoms in total. The van der Waals surface area contributed by atoms with Crippen LogP contribution in [0.5, 0.6) is 5.75 Å². The van der Waals surface area contributed by atoms with Crippen molar-refractivity contribution in [3.05, 3.63) is 42.0 Å². The molecule has 0 saturated heterocycles. The number of aryl methyl sites for hydroxylation is 1. The van der Waals surface area contributed by atoms with Crippen LogP contribution in [0, 0.1) is 0 Å². The smallest absolute Gasteiger partial charge is 0.387 e. The third-order valence-electron chi connectivity index (χ3n) is 2.92. The zero-order chi connectivity index (χ0) is 13.1. The Hall–Kier alpha value is -1.91. The van der Waals surface area contributed by atoms with Crippen LogP contribution in [0.15, 0.2) is 30.9 Å². The molecule has 1 atom stereocenters. The molecule has 2 rings (SSSR count). The largest absolute Gasteiger partial charge is 0.435 e. The number of fused-ring (bicyclic) bond motifs is 1. The van der Waals surface area contributed by atoms with Crippen LogP contribution in [-0.4, -0.2) is 12.5 Å². The van der Waals surface area contributed by atoms with Gasteiger partial charge in [0.2, 0.25) is 5.91 Å². The third-order valence-corrected chi connectivity index (χ3v) is 2.92. The molecule has 0 radical (unpaired) electrons. The molecule has 1 aliphatic carbocycles. The lowest BCUT2D eigenvalue weighted by Gasteiger charge is -2.14. The lowest BCUT2D eigenvalue weighted by atomic mass is 10.1. The summed E-state index contributed by atoms with van der Waals surface area (Å²) in [5.41, 5.74) is 1.88. The molecule has 0 heterocycles. The van der Waals surface area contributed by atoms with Gasteiger partial charge in [-0.2, -0.15) is 8.78 Å². The van der Waals surface area contributed by atoms with Crippen molar-refractivity contribution in [1.29, 1.82) is 0 Å². The lowest BCUT2D eigenvalue weighted by molar-refractivity contribution is -0.117. The molecule has 96 valence electrons. The topological polar surface area (TPSA) is 38.3 Å². The van der Waals surface area contributed by atoms with Gasteiger partial charge in [0.25, 0.3) is 0 Å². The van der Waals surface area contributed by atoms with Crippen molar-refractivity contribution >= 4 is 5.91 Å². The summed E-state index contributed by atoms with van der Waals surface area (Å²) < 4.78 is 28.6. The van der Waals surface area contributed by atoms with Crippen LogP contribution in [0.2, 0.25) is 0 Å². The van der Waals surface area contributed by atoms with Gasteiger partial charge in [-0.3, -0.25) is 4.79 Å². The summed E-state index contributed by atoms with van der Waals surface area (Å²) in [5, 5.41) is 2.77. The van der Waals surface area contributed by atoms with Crippen molar-refractivity contribution in [2.75, 3.05) is 0 Å². The van der Waals surface area contributed by atoms with Crippen LogP contribution < -0.4 is 10.1 Å². The number of alkyl halides is 2. The normalized spacial score (nSPS) is 17.4. The first kappa shape index (κ1) is 12.5. The van der Waals surface area contributed by atoms with Crippen molar-refractivity contribution in [2.24, 2.45) is 0 Å². The third kappa shape index (κ3) is 2.67. The zero-order valence-corrected chi connectivity index (χ0v) is 9.66. The molecule has 1 aromatic rings. The van der Waals surface area contributed by atoms with Gasteiger partial charge in [-0.05, 0) is 42.2 Å². The fourth-order valence-electron chi connectivity index (χ4n) is 2.14. The van der Waals surface area contributed by atoms with Crippen LogP contribution in [0.25, 0.3) is 0 Å². The van der Waals surface area contributed by atoms with Gasteiger partial charge >= 0.3 is 6.61 Å². The van der Waals surface area contributed by atoms with E-state index < -0.39 is 6.61 Å². The van der Waals surface area contributed by atoms with Crippen molar-refractivity contribution < 1.29 is 18.3 Å². The second-order valence-electron chi connectivity index (χ2n) is 4.04. The maximum Gasteiger partial charge on any atom is 0.387 e. The molecule has 0 unspecified atom stereocenters. The van der Waals surface area contributed by atoms with E-state index in [4.69, 9.17) is 0 Å². The monoisotopic (exact) mass is 253 g/mol. The van der Waals surface area contributed by atoms with Gasteiger partial charge in [0.15, 0.2) is 0 Å². The predicted molar refractivity (Wildman–Crippen MR) is 62.5 cm³/mol. The SMILES string of the molecule is C=CC(=O)N[C@H]1CCc2ccc(OC(F)F)cc21. The van der Waals surface area contributed by atoms with Gasteiger partial charge in [0.05, 0.1) is 6.04 Å². The van der Waals surface area contributed by atoms with E-state index >= 15 is 0 Å². The molecule has 18 heavy (non-hydrogen) atoms. The minimum Gasteiger partial charge on any atom is -0.435 e. The Kier molecular flexibility index (Phi) is 3.60. The summed E-state index contributed by atoms with van der Waals surface area (Å²) in [6.45, 7) is 0.538. The number of hydrogen-bond donors (Lipinski definition) is 1. The molecule has 1 N–H and O–H groups in total. The number of carbonyl (C=O) groups excluding carboxylic acids is 1. The van der Waals surface area contributed by atoms with Gasteiger partial charge < -0.3 is 10.1 Å². The van der Waals surface area contributed by atoms with Gasteiger partial charge in [-0.25, -0.2) is 0 Å². The van der Waals surface area contributed by atoms with Crippen LogP contribution in [0.4, 0.5) is 8.78 Å². The number of halogens is 2.